The van der Waals surface area contributed by atoms with E-state index < -0.39 is 5.92 Å². The van der Waals surface area contributed by atoms with Crippen molar-refractivity contribution in [2.75, 3.05) is 19.0 Å². The highest BCUT2D eigenvalue weighted by Crippen LogP contribution is 2.43. The highest BCUT2D eigenvalue weighted by atomic mass is 19.3. The fraction of sp³-hybridized carbons (Fsp3) is 0.500. The lowest BCUT2D eigenvalue weighted by molar-refractivity contribution is -0.111. The van der Waals surface area contributed by atoms with Crippen LogP contribution in [0.2, 0.25) is 0 Å². The van der Waals surface area contributed by atoms with Crippen molar-refractivity contribution in [1.29, 1.82) is 0 Å². The second-order valence-electron chi connectivity index (χ2n) is 5.04. The topological polar surface area (TPSA) is 59.6 Å². The largest absolute Gasteiger partial charge is 0.497 e. The molecule has 0 unspecified atom stereocenters. The molecule has 0 heterocycles. The Morgan fingerprint density at radius 3 is 2.90 bits per heavy atom. The zero-order valence-corrected chi connectivity index (χ0v) is 11.4. The van der Waals surface area contributed by atoms with Crippen molar-refractivity contribution in [3.8, 4) is 5.75 Å². The van der Waals surface area contributed by atoms with E-state index in [0.717, 1.165) is 11.4 Å². The molecule has 1 aromatic carbocycles. The third kappa shape index (κ3) is 4.08. The monoisotopic (exact) mass is 283 g/mol. The Hall–Kier alpha value is -1.85. The molecule has 0 radical (unpaired) electrons. The van der Waals surface area contributed by atoms with Gasteiger partial charge < -0.3 is 15.8 Å². The van der Waals surface area contributed by atoms with Crippen molar-refractivity contribution in [2.24, 2.45) is 16.6 Å². The minimum atomic E-state index is -2.46. The molecule has 1 saturated carbocycles. The van der Waals surface area contributed by atoms with Gasteiger partial charge in [-0.3, -0.25) is 4.99 Å². The fourth-order valence-corrected chi connectivity index (χ4v) is 2.24. The maximum atomic E-state index is 12.6. The van der Waals surface area contributed by atoms with E-state index in [1.54, 1.807) is 13.2 Å². The molecule has 0 saturated heterocycles. The third-order valence-electron chi connectivity index (χ3n) is 3.34. The number of aliphatic imine (C=N–C) groups is 1. The van der Waals surface area contributed by atoms with Gasteiger partial charge in [-0.1, -0.05) is 6.07 Å². The number of rotatable bonds is 5. The van der Waals surface area contributed by atoms with Crippen molar-refractivity contribution >= 4 is 11.6 Å². The lowest BCUT2D eigenvalue weighted by atomic mass is 9.79. The number of nitrogens with zero attached hydrogens (tertiary/aromatic N) is 1. The van der Waals surface area contributed by atoms with Gasteiger partial charge >= 0.3 is 0 Å². The van der Waals surface area contributed by atoms with Crippen LogP contribution in [-0.4, -0.2) is 25.5 Å². The molecule has 0 amide bonds. The van der Waals surface area contributed by atoms with E-state index >= 15 is 0 Å². The van der Waals surface area contributed by atoms with Gasteiger partial charge in [-0.15, -0.1) is 0 Å². The number of halogens is 2. The average Bonchev–Trinajstić information content (AvgIpc) is 2.36. The number of ether oxygens (including phenoxy) is 1. The zero-order chi connectivity index (χ0) is 14.6. The summed E-state index contributed by atoms with van der Waals surface area (Å²) in [6.07, 6.45) is 0.605. The van der Waals surface area contributed by atoms with Crippen molar-refractivity contribution in [3.05, 3.63) is 24.3 Å². The molecule has 6 heteroatoms. The maximum absolute atomic E-state index is 12.6. The molecule has 0 atom stereocenters. The number of guanidine groups is 1. The van der Waals surface area contributed by atoms with Gasteiger partial charge in [0.15, 0.2) is 5.96 Å². The SMILES string of the molecule is COc1cccc(NC(N)=NCCC2CC(F)(F)C2)c1. The summed E-state index contributed by atoms with van der Waals surface area (Å²) in [6, 6.07) is 7.31. The van der Waals surface area contributed by atoms with E-state index in [-0.39, 0.29) is 24.7 Å². The van der Waals surface area contributed by atoms with Gasteiger partial charge in [0.25, 0.3) is 0 Å². The first-order valence-corrected chi connectivity index (χ1v) is 6.57. The number of benzene rings is 1. The standard InChI is InChI=1S/C14H19F2N3O/c1-20-12-4-2-3-11(7-12)19-13(17)18-6-5-10-8-14(15,16)9-10/h2-4,7,10H,5-6,8-9H2,1H3,(H3,17,18,19). The number of methoxy groups -OCH3 is 1. The van der Waals surface area contributed by atoms with Gasteiger partial charge in [0, 0.05) is 31.1 Å². The summed E-state index contributed by atoms with van der Waals surface area (Å²) in [7, 11) is 1.59. The lowest BCUT2D eigenvalue weighted by Gasteiger charge is -2.34. The Bertz CT molecular complexity index is 483. The molecule has 0 aromatic heterocycles. The molecule has 1 aromatic rings. The molecule has 0 aliphatic heterocycles. The van der Waals surface area contributed by atoms with Crippen LogP contribution in [0.4, 0.5) is 14.5 Å². The molecular weight excluding hydrogens is 264 g/mol. The molecule has 3 N–H and O–H groups in total. The van der Waals surface area contributed by atoms with Crippen LogP contribution in [0.25, 0.3) is 0 Å². The summed E-state index contributed by atoms with van der Waals surface area (Å²) in [5.41, 5.74) is 6.52. The predicted molar refractivity (Wildman–Crippen MR) is 75.4 cm³/mol. The van der Waals surface area contributed by atoms with E-state index in [0.29, 0.717) is 13.0 Å². The van der Waals surface area contributed by atoms with Gasteiger partial charge in [0.2, 0.25) is 5.92 Å². The van der Waals surface area contributed by atoms with Crippen LogP contribution >= 0.6 is 0 Å². The van der Waals surface area contributed by atoms with E-state index in [1.807, 2.05) is 18.2 Å². The average molecular weight is 283 g/mol. The predicted octanol–water partition coefficient (Wildman–Crippen LogP) is 2.86. The third-order valence-corrected chi connectivity index (χ3v) is 3.34. The summed E-state index contributed by atoms with van der Waals surface area (Å²) in [5.74, 6) is -1.39. The number of hydrogen-bond donors (Lipinski definition) is 2. The van der Waals surface area contributed by atoms with Gasteiger partial charge in [-0.25, -0.2) is 8.78 Å². The van der Waals surface area contributed by atoms with Gasteiger partial charge in [0.05, 0.1) is 7.11 Å². The van der Waals surface area contributed by atoms with Crippen LogP contribution in [-0.2, 0) is 0 Å². The highest BCUT2D eigenvalue weighted by Gasteiger charge is 2.44. The summed E-state index contributed by atoms with van der Waals surface area (Å²) in [5, 5.41) is 2.94. The molecule has 1 fully saturated rings. The van der Waals surface area contributed by atoms with Gasteiger partial charge in [-0.05, 0) is 24.5 Å². The van der Waals surface area contributed by atoms with Crippen LogP contribution in [0.15, 0.2) is 29.3 Å². The number of anilines is 1. The molecule has 20 heavy (non-hydrogen) atoms. The fourth-order valence-electron chi connectivity index (χ4n) is 2.24. The number of hydrogen-bond acceptors (Lipinski definition) is 2. The van der Waals surface area contributed by atoms with Crippen LogP contribution in [0.1, 0.15) is 19.3 Å². The first-order valence-electron chi connectivity index (χ1n) is 6.57. The normalized spacial score (nSPS) is 18.4. The first-order chi connectivity index (χ1) is 9.48. The Labute approximate surface area is 117 Å². The zero-order valence-electron chi connectivity index (χ0n) is 11.4. The Morgan fingerprint density at radius 2 is 2.25 bits per heavy atom. The second-order valence-corrected chi connectivity index (χ2v) is 5.04. The van der Waals surface area contributed by atoms with Crippen molar-refractivity contribution < 1.29 is 13.5 Å². The molecule has 1 aliphatic carbocycles. The van der Waals surface area contributed by atoms with Crippen molar-refractivity contribution in [1.82, 2.24) is 0 Å². The first kappa shape index (κ1) is 14.6. The van der Waals surface area contributed by atoms with Crippen LogP contribution in [0, 0.1) is 5.92 Å². The molecule has 110 valence electrons. The molecular formula is C14H19F2N3O. The van der Waals surface area contributed by atoms with E-state index in [9.17, 15) is 8.78 Å². The summed E-state index contributed by atoms with van der Waals surface area (Å²) < 4.78 is 30.4. The van der Waals surface area contributed by atoms with E-state index in [2.05, 4.69) is 10.3 Å². The minimum absolute atomic E-state index is 0.0221. The molecule has 2 rings (SSSR count). The quantitative estimate of drug-likeness (QED) is 0.645. The number of nitrogens with two attached hydrogens (primary N) is 1. The summed E-state index contributed by atoms with van der Waals surface area (Å²) in [6.45, 7) is 0.462. The van der Waals surface area contributed by atoms with E-state index in [4.69, 9.17) is 10.5 Å². The molecule has 0 bridgehead atoms. The lowest BCUT2D eigenvalue weighted by Crippen LogP contribution is -2.35. The summed E-state index contributed by atoms with van der Waals surface area (Å²) in [4.78, 5) is 4.14. The Kier molecular flexibility index (Phi) is 4.42. The van der Waals surface area contributed by atoms with E-state index in [1.165, 1.54) is 0 Å². The number of alkyl halides is 2. The highest BCUT2D eigenvalue weighted by molar-refractivity contribution is 5.92. The van der Waals surface area contributed by atoms with Gasteiger partial charge in [-0.2, -0.15) is 0 Å². The van der Waals surface area contributed by atoms with Crippen molar-refractivity contribution in [2.45, 2.75) is 25.2 Å². The van der Waals surface area contributed by atoms with Gasteiger partial charge in [0.1, 0.15) is 5.75 Å². The molecule has 0 spiro atoms. The van der Waals surface area contributed by atoms with Crippen molar-refractivity contribution in [3.63, 3.8) is 0 Å². The molecule has 4 nitrogen and oxygen atoms in total. The number of nitrogens with one attached hydrogen (secondary N) is 1. The Balaban J connectivity index is 1.76. The maximum Gasteiger partial charge on any atom is 0.248 e. The Morgan fingerprint density at radius 1 is 1.50 bits per heavy atom. The van der Waals surface area contributed by atoms with Crippen LogP contribution in [0.5, 0.6) is 5.75 Å². The van der Waals surface area contributed by atoms with Crippen LogP contribution < -0.4 is 15.8 Å². The molecule has 1 aliphatic rings. The minimum Gasteiger partial charge on any atom is -0.497 e. The summed E-state index contributed by atoms with van der Waals surface area (Å²) >= 11 is 0. The van der Waals surface area contributed by atoms with Crippen LogP contribution in [0.3, 0.4) is 0 Å². The smallest absolute Gasteiger partial charge is 0.248 e. The second kappa shape index (κ2) is 6.07.